The number of phenols is 4. The van der Waals surface area contributed by atoms with E-state index in [9.17, 15) is 20.4 Å². The molecule has 0 bridgehead atoms. The van der Waals surface area contributed by atoms with Crippen LogP contribution in [0.5, 0.6) is 23.0 Å². The van der Waals surface area contributed by atoms with E-state index in [1.807, 2.05) is 0 Å². The van der Waals surface area contributed by atoms with Crippen LogP contribution in [0.15, 0.2) is 33.2 Å². The lowest BCUT2D eigenvalue weighted by molar-refractivity contribution is 0.401. The van der Waals surface area contributed by atoms with Crippen LogP contribution < -0.4 is 5.32 Å². The molecule has 2 aromatic rings. The fraction of sp³-hybridized carbons (Fsp3) is 0.118. The molecule has 0 aliphatic rings. The zero-order valence-corrected chi connectivity index (χ0v) is 17.0. The van der Waals surface area contributed by atoms with Gasteiger partial charge in [0.1, 0.15) is 11.5 Å². The topological polar surface area (TPSA) is 93.0 Å². The maximum absolute atomic E-state index is 9.93. The number of nitrogens with one attached hydrogen (secondary N) is 1. The van der Waals surface area contributed by atoms with E-state index >= 15 is 0 Å². The van der Waals surface area contributed by atoms with Gasteiger partial charge in [-0.2, -0.15) is 0 Å². The first-order valence-electron chi connectivity index (χ1n) is 7.08. The van der Waals surface area contributed by atoms with Gasteiger partial charge in [-0.25, -0.2) is 0 Å². The van der Waals surface area contributed by atoms with Gasteiger partial charge in [0.15, 0.2) is 11.5 Å². The first kappa shape index (κ1) is 19.6. The van der Waals surface area contributed by atoms with Crippen LogP contribution in [0, 0.1) is 6.92 Å². The molecule has 8 heteroatoms. The summed E-state index contributed by atoms with van der Waals surface area (Å²) in [4.78, 5) is 0.426. The van der Waals surface area contributed by atoms with Gasteiger partial charge in [-0.05, 0) is 74.2 Å². The third-order valence-electron chi connectivity index (χ3n) is 3.49. The SMILES string of the molecule is Cc1c(O)cc(CNC(=S)/C=C/c2cc(O)c(O)c(Br)c2)c(Br)c1O. The van der Waals surface area contributed by atoms with Gasteiger partial charge >= 0.3 is 0 Å². The summed E-state index contributed by atoms with van der Waals surface area (Å²) in [6.45, 7) is 1.92. The summed E-state index contributed by atoms with van der Waals surface area (Å²) in [6.07, 6.45) is 3.31. The molecule has 2 rings (SSSR count). The molecule has 0 saturated heterocycles. The van der Waals surface area contributed by atoms with Crippen molar-refractivity contribution in [2.24, 2.45) is 0 Å². The molecule has 0 aliphatic carbocycles. The summed E-state index contributed by atoms with van der Waals surface area (Å²) >= 11 is 11.7. The zero-order chi connectivity index (χ0) is 18.7. The number of thiocarbonyl (C=S) groups is 1. The van der Waals surface area contributed by atoms with Crippen LogP contribution >= 0.6 is 44.1 Å². The predicted octanol–water partition coefficient (Wildman–Crippen LogP) is 4.47. The summed E-state index contributed by atoms with van der Waals surface area (Å²) in [5, 5.41) is 41.8. The monoisotopic (exact) mass is 487 g/mol. The number of aromatic hydroxyl groups is 4. The Kier molecular flexibility index (Phi) is 6.31. The maximum Gasteiger partial charge on any atom is 0.171 e. The van der Waals surface area contributed by atoms with E-state index in [0.29, 0.717) is 37.2 Å². The van der Waals surface area contributed by atoms with Crippen molar-refractivity contribution in [1.82, 2.24) is 5.32 Å². The summed E-state index contributed by atoms with van der Waals surface area (Å²) in [6, 6.07) is 4.60. The molecule has 2 aromatic carbocycles. The molecule has 0 spiro atoms. The van der Waals surface area contributed by atoms with Crippen LogP contribution in [0.1, 0.15) is 16.7 Å². The summed E-state index contributed by atoms with van der Waals surface area (Å²) in [7, 11) is 0. The van der Waals surface area contributed by atoms with E-state index in [1.165, 1.54) is 6.07 Å². The minimum Gasteiger partial charge on any atom is -0.508 e. The fourth-order valence-corrected chi connectivity index (χ4v) is 3.18. The van der Waals surface area contributed by atoms with Crippen LogP contribution in [0.3, 0.4) is 0 Å². The molecule has 0 amide bonds. The van der Waals surface area contributed by atoms with Gasteiger partial charge in [-0.1, -0.05) is 18.3 Å². The Balaban J connectivity index is 2.07. The second-order valence-corrected chi connectivity index (χ2v) is 7.35. The average molecular weight is 489 g/mol. The highest BCUT2D eigenvalue weighted by atomic mass is 79.9. The molecule has 5 nitrogen and oxygen atoms in total. The van der Waals surface area contributed by atoms with Crippen LogP contribution in [0.2, 0.25) is 0 Å². The van der Waals surface area contributed by atoms with E-state index in [-0.39, 0.29) is 23.0 Å². The summed E-state index contributed by atoms with van der Waals surface area (Å²) < 4.78 is 0.870. The van der Waals surface area contributed by atoms with Crippen molar-refractivity contribution in [3.63, 3.8) is 0 Å². The molecule has 0 aromatic heterocycles. The third kappa shape index (κ3) is 4.65. The number of halogens is 2. The van der Waals surface area contributed by atoms with Crippen molar-refractivity contribution in [2.45, 2.75) is 13.5 Å². The quantitative estimate of drug-likeness (QED) is 0.247. The minimum absolute atomic E-state index is 0.00313. The second kappa shape index (κ2) is 8.07. The molecule has 5 N–H and O–H groups in total. The Labute approximate surface area is 166 Å². The molecule has 0 atom stereocenters. The summed E-state index contributed by atoms with van der Waals surface area (Å²) in [5.74, 6) is -0.463. The Bertz CT molecular complexity index is 845. The van der Waals surface area contributed by atoms with Crippen molar-refractivity contribution < 1.29 is 20.4 Å². The molecule has 0 saturated carbocycles. The van der Waals surface area contributed by atoms with Gasteiger partial charge in [-0.3, -0.25) is 0 Å². The van der Waals surface area contributed by atoms with Crippen LogP contribution in [-0.2, 0) is 6.54 Å². The lowest BCUT2D eigenvalue weighted by Crippen LogP contribution is -2.18. The lowest BCUT2D eigenvalue weighted by Gasteiger charge is -2.11. The largest absolute Gasteiger partial charge is 0.508 e. The highest BCUT2D eigenvalue weighted by molar-refractivity contribution is 9.11. The average Bonchev–Trinajstić information content (AvgIpc) is 2.57. The first-order chi connectivity index (χ1) is 11.7. The molecule has 0 fully saturated rings. The zero-order valence-electron chi connectivity index (χ0n) is 13.0. The van der Waals surface area contributed by atoms with Gasteiger partial charge in [0, 0.05) is 12.1 Å². The van der Waals surface area contributed by atoms with Crippen molar-refractivity contribution in [3.05, 3.63) is 49.9 Å². The summed E-state index contributed by atoms with van der Waals surface area (Å²) in [5.41, 5.74) is 1.70. The predicted molar refractivity (Wildman–Crippen MR) is 108 cm³/mol. The highest BCUT2D eigenvalue weighted by Crippen LogP contribution is 2.37. The smallest absolute Gasteiger partial charge is 0.171 e. The minimum atomic E-state index is -0.234. The van der Waals surface area contributed by atoms with Crippen molar-refractivity contribution in [1.29, 1.82) is 0 Å². The van der Waals surface area contributed by atoms with Crippen LogP contribution in [-0.4, -0.2) is 25.4 Å². The van der Waals surface area contributed by atoms with E-state index in [1.54, 1.807) is 31.2 Å². The van der Waals surface area contributed by atoms with Gasteiger partial charge in [-0.15, -0.1) is 0 Å². The van der Waals surface area contributed by atoms with Gasteiger partial charge in [0.25, 0.3) is 0 Å². The fourth-order valence-electron chi connectivity index (χ4n) is 2.02. The molecule has 25 heavy (non-hydrogen) atoms. The highest BCUT2D eigenvalue weighted by Gasteiger charge is 2.12. The first-order valence-corrected chi connectivity index (χ1v) is 9.07. The standard InChI is InChI=1S/C17H15Br2NO4S/c1-8-12(21)6-10(15(19)16(8)23)7-20-14(25)3-2-9-4-11(18)17(24)13(22)5-9/h2-6,21-24H,7H2,1H3,(H,20,25)/b3-2+. The third-order valence-corrected chi connectivity index (χ3v) is 5.26. The molecule has 132 valence electrons. The van der Waals surface area contributed by atoms with Crippen molar-refractivity contribution in [2.75, 3.05) is 0 Å². The number of rotatable bonds is 4. The van der Waals surface area contributed by atoms with Gasteiger partial charge in [0.2, 0.25) is 0 Å². The molecular weight excluding hydrogens is 474 g/mol. The Morgan fingerprint density at radius 1 is 1.08 bits per heavy atom. The van der Waals surface area contributed by atoms with Crippen LogP contribution in [0.25, 0.3) is 6.08 Å². The van der Waals surface area contributed by atoms with Crippen molar-refractivity contribution in [3.8, 4) is 23.0 Å². The molecule has 0 unspecified atom stereocenters. The van der Waals surface area contributed by atoms with E-state index < -0.39 is 0 Å². The molecule has 0 heterocycles. The Morgan fingerprint density at radius 3 is 2.40 bits per heavy atom. The number of hydrogen-bond acceptors (Lipinski definition) is 5. The number of phenolic OH excluding ortho intramolecular Hbond substituents is 4. The normalized spacial score (nSPS) is 11.0. The van der Waals surface area contributed by atoms with Crippen LogP contribution in [0.4, 0.5) is 0 Å². The maximum atomic E-state index is 9.93. The second-order valence-electron chi connectivity index (χ2n) is 5.26. The number of benzene rings is 2. The van der Waals surface area contributed by atoms with E-state index in [0.717, 1.165) is 0 Å². The van der Waals surface area contributed by atoms with Crippen molar-refractivity contribution >= 4 is 55.1 Å². The Hall–Kier alpha value is -1.77. The lowest BCUT2D eigenvalue weighted by atomic mass is 10.1. The van der Waals surface area contributed by atoms with E-state index in [4.69, 9.17) is 12.2 Å². The Morgan fingerprint density at radius 2 is 1.76 bits per heavy atom. The number of hydrogen-bond donors (Lipinski definition) is 5. The van der Waals surface area contributed by atoms with Gasteiger partial charge in [0.05, 0.1) is 13.9 Å². The van der Waals surface area contributed by atoms with Gasteiger partial charge < -0.3 is 25.7 Å². The van der Waals surface area contributed by atoms with E-state index in [2.05, 4.69) is 37.2 Å². The molecule has 0 radical (unpaired) electrons. The molecular formula is C17H15Br2NO4S. The molecule has 0 aliphatic heterocycles.